The van der Waals surface area contributed by atoms with Crippen molar-refractivity contribution in [3.8, 4) is 6.07 Å². The maximum Gasteiger partial charge on any atom is 0.415 e. The van der Waals surface area contributed by atoms with E-state index in [1.54, 1.807) is 23.2 Å². The lowest BCUT2D eigenvalue weighted by atomic mass is 9.94. The molecule has 1 aromatic rings. The fraction of sp³-hybridized carbons (Fsp3) is 0.588. The molecule has 0 aliphatic heterocycles. The van der Waals surface area contributed by atoms with Crippen molar-refractivity contribution in [1.82, 2.24) is 4.98 Å². The van der Waals surface area contributed by atoms with Crippen molar-refractivity contribution in [2.45, 2.75) is 64.5 Å². The Balaban J connectivity index is 2.27. The van der Waals surface area contributed by atoms with Crippen LogP contribution >= 0.6 is 0 Å². The molecule has 0 bridgehead atoms. The molecule has 0 spiro atoms. The SMILES string of the molecule is CC(C)(C)OC(=O)N(c1ccc(C#N)nc1)C1CCCCC1. The first kappa shape index (κ1) is 16.3. The number of hydrogen-bond acceptors (Lipinski definition) is 4. The smallest absolute Gasteiger partial charge is 0.415 e. The molecule has 1 fully saturated rings. The minimum Gasteiger partial charge on any atom is -0.443 e. The number of ether oxygens (including phenoxy) is 1. The molecule has 1 aliphatic carbocycles. The Labute approximate surface area is 131 Å². The molecule has 1 saturated carbocycles. The van der Waals surface area contributed by atoms with Gasteiger partial charge in [0.2, 0.25) is 0 Å². The molecule has 0 atom stereocenters. The highest BCUT2D eigenvalue weighted by molar-refractivity contribution is 5.88. The third kappa shape index (κ3) is 4.20. The first-order valence-electron chi connectivity index (χ1n) is 7.79. The Morgan fingerprint density at radius 2 is 2.00 bits per heavy atom. The second kappa shape index (κ2) is 6.78. The van der Waals surface area contributed by atoms with Gasteiger partial charge >= 0.3 is 6.09 Å². The van der Waals surface area contributed by atoms with Crippen LogP contribution in [0, 0.1) is 11.3 Å². The van der Waals surface area contributed by atoms with Gasteiger partial charge in [-0.1, -0.05) is 19.3 Å². The predicted molar refractivity (Wildman–Crippen MR) is 84.5 cm³/mol. The van der Waals surface area contributed by atoms with E-state index in [0.717, 1.165) is 25.7 Å². The van der Waals surface area contributed by atoms with Crippen molar-refractivity contribution in [3.05, 3.63) is 24.0 Å². The number of aromatic nitrogens is 1. The average Bonchev–Trinajstić information content (AvgIpc) is 2.47. The first-order chi connectivity index (χ1) is 10.4. The summed E-state index contributed by atoms with van der Waals surface area (Å²) in [6, 6.07) is 5.53. The molecule has 1 amide bonds. The monoisotopic (exact) mass is 301 g/mol. The third-order valence-electron chi connectivity index (χ3n) is 3.67. The van der Waals surface area contributed by atoms with Gasteiger partial charge in [-0.2, -0.15) is 5.26 Å². The van der Waals surface area contributed by atoms with Gasteiger partial charge in [-0.3, -0.25) is 4.90 Å². The normalized spacial score (nSPS) is 15.9. The van der Waals surface area contributed by atoms with Gasteiger partial charge in [-0.25, -0.2) is 9.78 Å². The second-order valence-corrected chi connectivity index (χ2v) is 6.66. The molecule has 0 radical (unpaired) electrons. The minimum atomic E-state index is -0.538. The quantitative estimate of drug-likeness (QED) is 0.827. The number of hydrogen-bond donors (Lipinski definition) is 0. The average molecular weight is 301 g/mol. The molecule has 1 heterocycles. The van der Waals surface area contributed by atoms with E-state index in [9.17, 15) is 4.79 Å². The molecule has 0 saturated heterocycles. The van der Waals surface area contributed by atoms with Gasteiger partial charge in [0.15, 0.2) is 0 Å². The van der Waals surface area contributed by atoms with Gasteiger partial charge in [0, 0.05) is 6.04 Å². The summed E-state index contributed by atoms with van der Waals surface area (Å²) in [7, 11) is 0. The third-order valence-corrected chi connectivity index (χ3v) is 3.67. The van der Waals surface area contributed by atoms with Gasteiger partial charge in [-0.05, 0) is 45.7 Å². The van der Waals surface area contributed by atoms with Crippen molar-refractivity contribution >= 4 is 11.8 Å². The second-order valence-electron chi connectivity index (χ2n) is 6.66. The molecule has 118 valence electrons. The zero-order valence-electron chi connectivity index (χ0n) is 13.5. The molecule has 0 unspecified atom stereocenters. The van der Waals surface area contributed by atoms with E-state index in [0.29, 0.717) is 11.4 Å². The topological polar surface area (TPSA) is 66.2 Å². The van der Waals surface area contributed by atoms with Crippen LogP contribution in [0.2, 0.25) is 0 Å². The Hall–Kier alpha value is -2.09. The summed E-state index contributed by atoms with van der Waals surface area (Å²) >= 11 is 0. The molecular weight excluding hydrogens is 278 g/mol. The van der Waals surface area contributed by atoms with Gasteiger partial charge in [0.05, 0.1) is 11.9 Å². The number of carbonyl (C=O) groups excluding carboxylic acids is 1. The van der Waals surface area contributed by atoms with Crippen molar-refractivity contribution in [2.75, 3.05) is 4.90 Å². The highest BCUT2D eigenvalue weighted by Crippen LogP contribution is 2.28. The molecule has 0 N–H and O–H groups in total. The summed E-state index contributed by atoms with van der Waals surface area (Å²) in [6.07, 6.45) is 6.63. The number of pyridine rings is 1. The molecule has 5 nitrogen and oxygen atoms in total. The van der Waals surface area contributed by atoms with Crippen LogP contribution in [-0.4, -0.2) is 22.7 Å². The minimum absolute atomic E-state index is 0.137. The molecule has 22 heavy (non-hydrogen) atoms. The number of amides is 1. The van der Waals surface area contributed by atoms with E-state index in [1.165, 1.54) is 6.42 Å². The van der Waals surface area contributed by atoms with Crippen LogP contribution in [0.5, 0.6) is 0 Å². The van der Waals surface area contributed by atoms with Crippen molar-refractivity contribution < 1.29 is 9.53 Å². The molecule has 2 rings (SSSR count). The Morgan fingerprint density at radius 3 is 2.50 bits per heavy atom. The van der Waals surface area contributed by atoms with Crippen molar-refractivity contribution in [2.24, 2.45) is 0 Å². The molecule has 5 heteroatoms. The highest BCUT2D eigenvalue weighted by atomic mass is 16.6. The lowest BCUT2D eigenvalue weighted by Gasteiger charge is -2.35. The largest absolute Gasteiger partial charge is 0.443 e. The Morgan fingerprint density at radius 1 is 1.32 bits per heavy atom. The van der Waals surface area contributed by atoms with E-state index in [1.807, 2.05) is 26.8 Å². The Bertz CT molecular complexity index is 549. The standard InChI is InChI=1S/C17H23N3O2/c1-17(2,3)22-16(21)20(14-7-5-4-6-8-14)15-10-9-13(11-18)19-12-15/h9-10,12,14H,4-8H2,1-3H3. The van der Waals surface area contributed by atoms with Crippen LogP contribution in [0.15, 0.2) is 18.3 Å². The van der Waals surface area contributed by atoms with E-state index in [4.69, 9.17) is 10.00 Å². The lowest BCUT2D eigenvalue weighted by molar-refractivity contribution is 0.0558. The van der Waals surface area contributed by atoms with Crippen LogP contribution in [-0.2, 0) is 4.74 Å². The summed E-state index contributed by atoms with van der Waals surface area (Å²) in [5.74, 6) is 0. The zero-order valence-corrected chi connectivity index (χ0v) is 13.5. The lowest BCUT2D eigenvalue weighted by Crippen LogP contribution is -2.44. The Kier molecular flexibility index (Phi) is 5.02. The van der Waals surface area contributed by atoms with Crippen molar-refractivity contribution in [3.63, 3.8) is 0 Å². The predicted octanol–water partition coefficient (Wildman–Crippen LogP) is 4.03. The first-order valence-corrected chi connectivity index (χ1v) is 7.79. The number of anilines is 1. The molecule has 1 aromatic heterocycles. The summed E-state index contributed by atoms with van der Waals surface area (Å²) in [4.78, 5) is 18.4. The van der Waals surface area contributed by atoms with E-state index in [2.05, 4.69) is 4.98 Å². The van der Waals surface area contributed by atoms with Gasteiger partial charge in [0.25, 0.3) is 0 Å². The molecule has 0 aromatic carbocycles. The summed E-state index contributed by atoms with van der Waals surface area (Å²) in [5.41, 5.74) is 0.501. The van der Waals surface area contributed by atoms with Crippen LogP contribution in [0.1, 0.15) is 58.6 Å². The fourth-order valence-electron chi connectivity index (χ4n) is 2.71. The van der Waals surface area contributed by atoms with Crippen LogP contribution < -0.4 is 4.90 Å². The summed E-state index contributed by atoms with van der Waals surface area (Å²) < 4.78 is 5.56. The summed E-state index contributed by atoms with van der Waals surface area (Å²) in [6.45, 7) is 5.59. The van der Waals surface area contributed by atoms with Gasteiger partial charge in [0.1, 0.15) is 17.4 Å². The zero-order chi connectivity index (χ0) is 16.2. The number of carbonyl (C=O) groups is 1. The van der Waals surface area contributed by atoms with E-state index in [-0.39, 0.29) is 12.1 Å². The van der Waals surface area contributed by atoms with Crippen LogP contribution in [0.3, 0.4) is 0 Å². The number of rotatable bonds is 2. The van der Waals surface area contributed by atoms with Crippen LogP contribution in [0.25, 0.3) is 0 Å². The van der Waals surface area contributed by atoms with E-state index < -0.39 is 5.60 Å². The van der Waals surface area contributed by atoms with Gasteiger partial charge < -0.3 is 4.74 Å². The molecule has 1 aliphatic rings. The van der Waals surface area contributed by atoms with Gasteiger partial charge in [-0.15, -0.1) is 0 Å². The maximum atomic E-state index is 12.6. The highest BCUT2D eigenvalue weighted by Gasteiger charge is 2.30. The number of nitrogens with zero attached hydrogens (tertiary/aromatic N) is 3. The van der Waals surface area contributed by atoms with E-state index >= 15 is 0 Å². The van der Waals surface area contributed by atoms with Crippen molar-refractivity contribution in [1.29, 1.82) is 5.26 Å². The number of nitriles is 1. The van der Waals surface area contributed by atoms with Crippen LogP contribution in [0.4, 0.5) is 10.5 Å². The fourth-order valence-corrected chi connectivity index (χ4v) is 2.71. The maximum absolute atomic E-state index is 12.6. The molecular formula is C17H23N3O2. The summed E-state index contributed by atoms with van der Waals surface area (Å²) in [5, 5.41) is 8.86.